The van der Waals surface area contributed by atoms with Gasteiger partial charge in [-0.25, -0.2) is 9.37 Å². The van der Waals surface area contributed by atoms with Crippen molar-refractivity contribution >= 4 is 44.3 Å². The van der Waals surface area contributed by atoms with E-state index in [-0.39, 0.29) is 28.8 Å². The van der Waals surface area contributed by atoms with Gasteiger partial charge < -0.3 is 25.7 Å². The molecule has 5 heterocycles. The first-order chi connectivity index (χ1) is 18.9. The lowest BCUT2D eigenvalue weighted by molar-refractivity contribution is 0.0559. The van der Waals surface area contributed by atoms with Crippen molar-refractivity contribution in [3.8, 4) is 11.8 Å². The Hall–Kier alpha value is -4.25. The molecule has 2 aliphatic heterocycles. The minimum atomic E-state index is -0.345. The molecule has 3 aromatic heterocycles. The SMILES string of the molecule is CNc1cc(F)cc2c1[nH]c1nc(Oc3ccc4nc5n(c(=O)c4c3)CCC5)nc(N3CC4(CC[C@H]4N)C3)c12. The Kier molecular flexibility index (Phi) is 4.59. The number of aromatic amines is 1. The molecule has 39 heavy (non-hydrogen) atoms. The van der Waals surface area contributed by atoms with Crippen molar-refractivity contribution in [2.45, 2.75) is 38.3 Å². The van der Waals surface area contributed by atoms with Crippen molar-refractivity contribution < 1.29 is 9.13 Å². The van der Waals surface area contributed by atoms with Crippen molar-refractivity contribution in [1.82, 2.24) is 24.5 Å². The number of hydrogen-bond donors (Lipinski definition) is 3. The van der Waals surface area contributed by atoms with E-state index in [9.17, 15) is 9.18 Å². The second kappa shape index (κ2) is 7.89. The first-order valence-corrected chi connectivity index (χ1v) is 13.3. The number of aromatic nitrogens is 5. The van der Waals surface area contributed by atoms with Crippen LogP contribution in [0, 0.1) is 11.2 Å². The molecule has 3 aliphatic rings. The number of nitrogens with zero attached hydrogens (tertiary/aromatic N) is 5. The van der Waals surface area contributed by atoms with Crippen LogP contribution >= 0.6 is 0 Å². The van der Waals surface area contributed by atoms with Gasteiger partial charge in [0, 0.05) is 49.9 Å². The summed E-state index contributed by atoms with van der Waals surface area (Å²) in [6.07, 6.45) is 3.86. The lowest BCUT2D eigenvalue weighted by atomic mass is 9.60. The number of rotatable bonds is 4. The fraction of sp³-hybridized carbons (Fsp3) is 0.357. The second-order valence-electron chi connectivity index (χ2n) is 11.0. The molecular weight excluding hydrogens is 499 g/mol. The first kappa shape index (κ1) is 22.7. The zero-order valence-electron chi connectivity index (χ0n) is 21.4. The molecule has 4 N–H and O–H groups in total. The van der Waals surface area contributed by atoms with Crippen LogP contribution in [0.3, 0.4) is 0 Å². The number of aryl methyl sites for hydroxylation is 1. The van der Waals surface area contributed by atoms with Crippen LogP contribution in [0.4, 0.5) is 15.9 Å². The highest BCUT2D eigenvalue weighted by Crippen LogP contribution is 2.50. The molecule has 0 radical (unpaired) electrons. The number of anilines is 2. The number of fused-ring (bicyclic) bond motifs is 5. The van der Waals surface area contributed by atoms with Crippen LogP contribution in [0.25, 0.3) is 32.8 Å². The molecule has 0 amide bonds. The molecule has 10 nitrogen and oxygen atoms in total. The van der Waals surface area contributed by atoms with Crippen LogP contribution in [0.15, 0.2) is 35.1 Å². The molecule has 1 saturated heterocycles. The van der Waals surface area contributed by atoms with E-state index in [1.54, 1.807) is 29.8 Å². The van der Waals surface area contributed by atoms with Gasteiger partial charge in [-0.3, -0.25) is 9.36 Å². The summed E-state index contributed by atoms with van der Waals surface area (Å²) < 4.78 is 22.5. The quantitative estimate of drug-likeness (QED) is 0.324. The van der Waals surface area contributed by atoms with E-state index in [4.69, 9.17) is 15.5 Å². The van der Waals surface area contributed by atoms with Crippen molar-refractivity contribution in [2.75, 3.05) is 30.4 Å². The predicted molar refractivity (Wildman–Crippen MR) is 147 cm³/mol. The Morgan fingerprint density at radius 3 is 2.82 bits per heavy atom. The maximum absolute atomic E-state index is 14.6. The second-order valence-corrected chi connectivity index (χ2v) is 11.0. The number of nitrogens with two attached hydrogens (primary N) is 1. The van der Waals surface area contributed by atoms with Crippen LogP contribution in [0.5, 0.6) is 11.8 Å². The first-order valence-electron chi connectivity index (χ1n) is 13.3. The van der Waals surface area contributed by atoms with Crippen molar-refractivity contribution in [3.63, 3.8) is 0 Å². The summed E-state index contributed by atoms with van der Waals surface area (Å²) in [7, 11) is 1.75. The van der Waals surface area contributed by atoms with Crippen LogP contribution < -0.4 is 26.2 Å². The molecule has 1 saturated carbocycles. The Balaban J connectivity index is 1.25. The number of ether oxygens (including phenoxy) is 1. The third-order valence-electron chi connectivity index (χ3n) is 8.80. The van der Waals surface area contributed by atoms with Gasteiger partial charge in [0.15, 0.2) is 0 Å². The van der Waals surface area contributed by atoms with E-state index in [1.165, 1.54) is 12.1 Å². The van der Waals surface area contributed by atoms with Gasteiger partial charge in [0.25, 0.3) is 5.56 Å². The molecule has 2 aromatic carbocycles. The number of halogens is 1. The summed E-state index contributed by atoms with van der Waals surface area (Å²) in [4.78, 5) is 32.7. The molecule has 0 bridgehead atoms. The van der Waals surface area contributed by atoms with Crippen LogP contribution in [-0.2, 0) is 13.0 Å². The normalized spacial score (nSPS) is 19.5. The zero-order chi connectivity index (χ0) is 26.5. The highest BCUT2D eigenvalue weighted by atomic mass is 19.1. The average Bonchev–Trinajstić information content (AvgIpc) is 3.52. The van der Waals surface area contributed by atoms with Gasteiger partial charge >= 0.3 is 6.01 Å². The summed E-state index contributed by atoms with van der Waals surface area (Å²) in [5.41, 5.74) is 8.97. The van der Waals surface area contributed by atoms with E-state index < -0.39 is 0 Å². The highest BCUT2D eigenvalue weighted by Gasteiger charge is 2.54. The predicted octanol–water partition coefficient (Wildman–Crippen LogP) is 3.67. The average molecular weight is 527 g/mol. The maximum Gasteiger partial charge on any atom is 0.325 e. The summed E-state index contributed by atoms with van der Waals surface area (Å²) in [6, 6.07) is 8.57. The minimum absolute atomic E-state index is 0.0602. The van der Waals surface area contributed by atoms with Crippen LogP contribution in [-0.4, -0.2) is 50.7 Å². The molecule has 0 unspecified atom stereocenters. The largest absolute Gasteiger partial charge is 0.424 e. The van der Waals surface area contributed by atoms with Gasteiger partial charge in [0.1, 0.15) is 28.9 Å². The number of benzene rings is 2. The highest BCUT2D eigenvalue weighted by molar-refractivity contribution is 6.14. The smallest absolute Gasteiger partial charge is 0.325 e. The molecule has 5 aromatic rings. The van der Waals surface area contributed by atoms with Crippen molar-refractivity contribution in [2.24, 2.45) is 11.1 Å². The van der Waals surface area contributed by atoms with E-state index in [1.807, 2.05) is 0 Å². The fourth-order valence-corrected chi connectivity index (χ4v) is 6.50. The third-order valence-corrected chi connectivity index (χ3v) is 8.80. The Labute approximate surface area is 222 Å². The Morgan fingerprint density at radius 1 is 1.18 bits per heavy atom. The van der Waals surface area contributed by atoms with Gasteiger partial charge in [0.05, 0.1) is 27.5 Å². The third kappa shape index (κ3) is 3.22. The molecular formula is C28H27FN8O2. The van der Waals surface area contributed by atoms with Gasteiger partial charge in [-0.15, -0.1) is 0 Å². The zero-order valence-corrected chi connectivity index (χ0v) is 21.4. The molecule has 1 spiro atoms. The molecule has 8 rings (SSSR count). The van der Waals surface area contributed by atoms with Gasteiger partial charge in [-0.1, -0.05) is 0 Å². The summed E-state index contributed by atoms with van der Waals surface area (Å²) in [5, 5.41) is 5.01. The Bertz CT molecular complexity index is 1890. The van der Waals surface area contributed by atoms with Gasteiger partial charge in [-0.05, 0) is 49.6 Å². The molecule has 1 atom stereocenters. The molecule has 198 valence electrons. The van der Waals surface area contributed by atoms with Crippen LogP contribution in [0.1, 0.15) is 25.1 Å². The van der Waals surface area contributed by atoms with Crippen molar-refractivity contribution in [1.29, 1.82) is 0 Å². The van der Waals surface area contributed by atoms with Gasteiger partial charge in [-0.2, -0.15) is 9.97 Å². The topological polar surface area (TPSA) is 127 Å². The van der Waals surface area contributed by atoms with E-state index in [2.05, 4.69) is 25.2 Å². The summed E-state index contributed by atoms with van der Waals surface area (Å²) in [5.74, 6) is 1.61. The maximum atomic E-state index is 14.6. The molecule has 11 heteroatoms. The monoisotopic (exact) mass is 526 g/mol. The number of hydrogen-bond acceptors (Lipinski definition) is 8. The Morgan fingerprint density at radius 2 is 2.05 bits per heavy atom. The van der Waals surface area contributed by atoms with Crippen LogP contribution in [0.2, 0.25) is 0 Å². The lowest BCUT2D eigenvalue weighted by Gasteiger charge is -2.60. The standard InChI is InChI=1S/C28H27FN8O2/c1-31-19-10-14(29)9-17-22-24(33-23(17)19)34-27(35-25(22)36-12-28(13-36)7-6-20(28)30)39-15-4-5-18-16(11-15)26(38)37-8-2-3-21(37)32-18/h4-5,9-11,20,31H,2-3,6-8,12-13,30H2,1H3,(H,33,34,35)/t20-/m1/s1. The minimum Gasteiger partial charge on any atom is -0.424 e. The fourth-order valence-electron chi connectivity index (χ4n) is 6.50. The van der Waals surface area contributed by atoms with Crippen molar-refractivity contribution in [3.05, 3.63) is 52.3 Å². The van der Waals surface area contributed by atoms with E-state index in [0.29, 0.717) is 45.7 Å². The number of nitrogens with one attached hydrogen (secondary N) is 2. The molecule has 1 aliphatic carbocycles. The lowest BCUT2D eigenvalue weighted by Crippen LogP contribution is -2.69. The van der Waals surface area contributed by atoms with E-state index >= 15 is 0 Å². The number of H-pyrrole nitrogens is 1. The van der Waals surface area contributed by atoms with Gasteiger partial charge in [0.2, 0.25) is 0 Å². The molecule has 2 fully saturated rings. The van der Waals surface area contributed by atoms with E-state index in [0.717, 1.165) is 55.5 Å². The summed E-state index contributed by atoms with van der Waals surface area (Å²) in [6.45, 7) is 2.25. The summed E-state index contributed by atoms with van der Waals surface area (Å²) >= 11 is 0.